The molecule has 18 heavy (non-hydrogen) atoms. The normalized spacial score (nSPS) is 24.3. The highest BCUT2D eigenvalue weighted by Gasteiger charge is 2.34. The lowest BCUT2D eigenvalue weighted by atomic mass is 9.83. The molecule has 1 saturated carbocycles. The Hall–Kier alpha value is -0.230. The molecule has 2 nitrogen and oxygen atoms in total. The van der Waals surface area contributed by atoms with Crippen LogP contribution in [0.2, 0.25) is 0 Å². The van der Waals surface area contributed by atoms with Crippen molar-refractivity contribution < 1.29 is 9.59 Å². The van der Waals surface area contributed by atoms with Gasteiger partial charge < -0.3 is 0 Å². The first-order valence-corrected chi connectivity index (χ1v) is 8.02. The smallest absolute Gasteiger partial charge is 0.157 e. The van der Waals surface area contributed by atoms with Crippen LogP contribution in [-0.2, 0) is 16.0 Å². The predicted molar refractivity (Wildman–Crippen MR) is 82.9 cm³/mol. The Morgan fingerprint density at radius 3 is 2.56 bits per heavy atom. The van der Waals surface area contributed by atoms with Gasteiger partial charge in [0, 0.05) is 15.9 Å². The second kappa shape index (κ2) is 6.28. The van der Waals surface area contributed by atoms with Crippen LogP contribution >= 0.6 is 38.5 Å². The minimum absolute atomic E-state index is 0.0329. The Kier molecular flexibility index (Phi) is 4.95. The lowest BCUT2D eigenvalue weighted by Crippen LogP contribution is -2.36. The summed E-state index contributed by atoms with van der Waals surface area (Å²) in [6.45, 7) is 0. The Bertz CT molecular complexity index is 455. The number of alkyl halides is 1. The lowest BCUT2D eigenvalue weighted by molar-refractivity contribution is -0.131. The van der Waals surface area contributed by atoms with Crippen molar-refractivity contribution in [2.45, 2.75) is 30.5 Å². The van der Waals surface area contributed by atoms with Crippen LogP contribution in [0.4, 0.5) is 0 Å². The van der Waals surface area contributed by atoms with Gasteiger partial charge in [-0.3, -0.25) is 9.59 Å². The van der Waals surface area contributed by atoms with E-state index in [-0.39, 0.29) is 17.5 Å². The van der Waals surface area contributed by atoms with Gasteiger partial charge in [0.25, 0.3) is 0 Å². The fourth-order valence-corrected chi connectivity index (χ4v) is 3.19. The maximum Gasteiger partial charge on any atom is 0.157 e. The second-order valence-electron chi connectivity index (χ2n) is 4.63. The van der Waals surface area contributed by atoms with Gasteiger partial charge in [0.15, 0.2) is 11.6 Å². The standard InChI is InChI=1S/C14H14BrIO2/c15-13-12(17)8-5-10(14(13)18)4-1-9-2-6-11(16)7-3-9/h2-3,6-7,10,13H,1,4-5,8H2. The van der Waals surface area contributed by atoms with Crippen molar-refractivity contribution >= 4 is 50.1 Å². The highest BCUT2D eigenvalue weighted by molar-refractivity contribution is 14.1. The van der Waals surface area contributed by atoms with Gasteiger partial charge in [-0.15, -0.1) is 0 Å². The first-order chi connectivity index (χ1) is 8.58. The van der Waals surface area contributed by atoms with Crippen LogP contribution in [0.15, 0.2) is 24.3 Å². The van der Waals surface area contributed by atoms with E-state index in [1.54, 1.807) is 0 Å². The molecular formula is C14H14BrIO2. The van der Waals surface area contributed by atoms with Gasteiger partial charge in [0.05, 0.1) is 0 Å². The maximum atomic E-state index is 11.9. The SMILES string of the molecule is O=C1CCC(CCc2ccc(I)cc2)C(=O)C1Br. The van der Waals surface area contributed by atoms with Crippen molar-refractivity contribution in [3.63, 3.8) is 0 Å². The molecule has 2 atom stereocenters. The summed E-state index contributed by atoms with van der Waals surface area (Å²) >= 11 is 5.47. The molecule has 0 heterocycles. The first-order valence-electron chi connectivity index (χ1n) is 6.03. The summed E-state index contributed by atoms with van der Waals surface area (Å²) in [6.07, 6.45) is 2.99. The molecule has 0 saturated heterocycles. The van der Waals surface area contributed by atoms with Crippen molar-refractivity contribution in [3.8, 4) is 0 Å². The number of benzene rings is 1. The lowest BCUT2D eigenvalue weighted by Gasteiger charge is -2.23. The molecule has 0 amide bonds. The van der Waals surface area contributed by atoms with Gasteiger partial charge in [0.1, 0.15) is 4.83 Å². The zero-order valence-corrected chi connectivity index (χ0v) is 13.6. The van der Waals surface area contributed by atoms with E-state index in [0.29, 0.717) is 12.8 Å². The molecule has 0 aromatic heterocycles. The third-order valence-corrected chi connectivity index (χ3v) is 5.05. The molecule has 0 radical (unpaired) electrons. The third-order valence-electron chi connectivity index (χ3n) is 3.37. The van der Waals surface area contributed by atoms with Crippen LogP contribution in [0.25, 0.3) is 0 Å². The molecule has 1 aliphatic rings. The van der Waals surface area contributed by atoms with E-state index in [9.17, 15) is 9.59 Å². The first kappa shape index (κ1) is 14.2. The highest BCUT2D eigenvalue weighted by Crippen LogP contribution is 2.27. The highest BCUT2D eigenvalue weighted by atomic mass is 127. The summed E-state index contributed by atoms with van der Waals surface area (Å²) in [5.41, 5.74) is 1.26. The van der Waals surface area contributed by atoms with Gasteiger partial charge in [0.2, 0.25) is 0 Å². The molecule has 0 aliphatic heterocycles. The van der Waals surface area contributed by atoms with Crippen molar-refractivity contribution in [1.29, 1.82) is 0 Å². The number of halogens is 2. The summed E-state index contributed by atoms with van der Waals surface area (Å²) in [5, 5.41) is 0. The van der Waals surface area contributed by atoms with Gasteiger partial charge in [-0.25, -0.2) is 0 Å². The van der Waals surface area contributed by atoms with Crippen LogP contribution in [0.5, 0.6) is 0 Å². The predicted octanol–water partition coefficient (Wildman–Crippen LogP) is 3.54. The Morgan fingerprint density at radius 2 is 1.89 bits per heavy atom. The quantitative estimate of drug-likeness (QED) is 0.425. The molecule has 96 valence electrons. The fraction of sp³-hybridized carbons (Fsp3) is 0.429. The van der Waals surface area contributed by atoms with Gasteiger partial charge in [-0.1, -0.05) is 28.1 Å². The van der Waals surface area contributed by atoms with Gasteiger partial charge >= 0.3 is 0 Å². The summed E-state index contributed by atoms with van der Waals surface area (Å²) in [6, 6.07) is 8.36. The number of ketones is 2. The van der Waals surface area contributed by atoms with Crippen molar-refractivity contribution in [3.05, 3.63) is 33.4 Å². The molecule has 2 rings (SSSR count). The van der Waals surface area contributed by atoms with E-state index in [1.165, 1.54) is 9.13 Å². The van der Waals surface area contributed by atoms with E-state index >= 15 is 0 Å². The van der Waals surface area contributed by atoms with E-state index in [2.05, 4.69) is 62.8 Å². The van der Waals surface area contributed by atoms with E-state index in [0.717, 1.165) is 12.8 Å². The summed E-state index contributed by atoms with van der Waals surface area (Å²) < 4.78 is 1.22. The second-order valence-corrected chi connectivity index (χ2v) is 6.79. The molecule has 0 N–H and O–H groups in total. The Labute approximate surface area is 129 Å². The van der Waals surface area contributed by atoms with Crippen LogP contribution in [0, 0.1) is 9.49 Å². The zero-order valence-electron chi connectivity index (χ0n) is 9.86. The monoisotopic (exact) mass is 420 g/mol. The minimum atomic E-state index is -0.562. The molecule has 0 bridgehead atoms. The topological polar surface area (TPSA) is 34.1 Å². The van der Waals surface area contributed by atoms with Crippen molar-refractivity contribution in [2.24, 2.45) is 5.92 Å². The van der Waals surface area contributed by atoms with Crippen LogP contribution in [0.3, 0.4) is 0 Å². The molecule has 0 spiro atoms. The number of rotatable bonds is 3. The number of carbonyl (C=O) groups excluding carboxylic acids is 2. The number of hydrogen-bond donors (Lipinski definition) is 0. The third kappa shape index (κ3) is 3.41. The molecule has 1 aliphatic carbocycles. The maximum absolute atomic E-state index is 11.9. The van der Waals surface area contributed by atoms with E-state index in [1.807, 2.05) is 0 Å². The summed E-state index contributed by atoms with van der Waals surface area (Å²) in [7, 11) is 0. The largest absolute Gasteiger partial charge is 0.298 e. The molecule has 2 unspecified atom stereocenters. The number of aryl methyl sites for hydroxylation is 1. The fourth-order valence-electron chi connectivity index (χ4n) is 2.23. The average molecular weight is 421 g/mol. The van der Waals surface area contributed by atoms with Gasteiger partial charge in [-0.2, -0.15) is 0 Å². The minimum Gasteiger partial charge on any atom is -0.298 e. The number of hydrogen-bond acceptors (Lipinski definition) is 2. The molecule has 1 aromatic rings. The molecule has 4 heteroatoms. The van der Waals surface area contributed by atoms with Crippen molar-refractivity contribution in [1.82, 2.24) is 0 Å². The summed E-state index contributed by atoms with van der Waals surface area (Å²) in [5.74, 6) is 0.133. The van der Waals surface area contributed by atoms with E-state index < -0.39 is 4.83 Å². The van der Waals surface area contributed by atoms with Crippen molar-refractivity contribution in [2.75, 3.05) is 0 Å². The van der Waals surface area contributed by atoms with E-state index in [4.69, 9.17) is 0 Å². The summed E-state index contributed by atoms with van der Waals surface area (Å²) in [4.78, 5) is 22.8. The molecule has 1 fully saturated rings. The Morgan fingerprint density at radius 1 is 1.22 bits per heavy atom. The Balaban J connectivity index is 1.92. The number of Topliss-reactive ketones (excluding diaryl/α,β-unsaturated/α-hetero) is 2. The average Bonchev–Trinajstić information content (AvgIpc) is 2.37. The molecular weight excluding hydrogens is 407 g/mol. The van der Waals surface area contributed by atoms with Crippen LogP contribution < -0.4 is 0 Å². The van der Waals surface area contributed by atoms with Crippen LogP contribution in [-0.4, -0.2) is 16.4 Å². The number of carbonyl (C=O) groups is 2. The molecule has 1 aromatic carbocycles. The zero-order chi connectivity index (χ0) is 13.1. The van der Waals surface area contributed by atoms with Gasteiger partial charge in [-0.05, 0) is 59.5 Å². The van der Waals surface area contributed by atoms with Crippen LogP contribution in [0.1, 0.15) is 24.8 Å².